The highest BCUT2D eigenvalue weighted by Crippen LogP contribution is 2.31. The predicted octanol–water partition coefficient (Wildman–Crippen LogP) is 1.45. The van der Waals surface area contributed by atoms with Gasteiger partial charge >= 0.3 is 0 Å². The minimum absolute atomic E-state index is 0.0390. The Morgan fingerprint density at radius 1 is 0.944 bits per heavy atom. The van der Waals surface area contributed by atoms with E-state index in [2.05, 4.69) is 5.32 Å². The summed E-state index contributed by atoms with van der Waals surface area (Å²) in [6.45, 7) is 0.284. The molecule has 1 N–H and O–H groups in total. The number of piperazine rings is 1. The average molecular weight is 250 g/mol. The Morgan fingerprint density at radius 2 is 1.67 bits per heavy atom. The highest BCUT2D eigenvalue weighted by Gasteiger charge is 2.41. The van der Waals surface area contributed by atoms with Crippen LogP contribution in [-0.4, -0.2) is 35.3 Å². The van der Waals surface area contributed by atoms with E-state index in [1.165, 1.54) is 25.7 Å². The molecule has 2 aliphatic carbocycles. The first-order valence-corrected chi connectivity index (χ1v) is 7.35. The van der Waals surface area contributed by atoms with Crippen LogP contribution in [0.25, 0.3) is 0 Å². The number of nitrogens with one attached hydrogen (secondary N) is 1. The normalized spacial score (nSPS) is 31.1. The van der Waals surface area contributed by atoms with Crippen LogP contribution in [0, 0.1) is 5.92 Å². The minimum atomic E-state index is -0.229. The second-order valence-electron chi connectivity index (χ2n) is 5.99. The van der Waals surface area contributed by atoms with Gasteiger partial charge in [0.15, 0.2) is 0 Å². The number of carbonyl (C=O) groups excluding carboxylic acids is 2. The first-order valence-electron chi connectivity index (χ1n) is 7.35. The van der Waals surface area contributed by atoms with E-state index >= 15 is 0 Å². The zero-order chi connectivity index (χ0) is 12.5. The quantitative estimate of drug-likeness (QED) is 0.806. The van der Waals surface area contributed by atoms with Crippen molar-refractivity contribution in [2.45, 2.75) is 63.5 Å². The van der Waals surface area contributed by atoms with Crippen molar-refractivity contribution >= 4 is 11.8 Å². The molecule has 2 saturated carbocycles. The molecule has 0 aromatic heterocycles. The van der Waals surface area contributed by atoms with Crippen molar-refractivity contribution < 1.29 is 9.59 Å². The fraction of sp³-hybridized carbons (Fsp3) is 0.857. The summed E-state index contributed by atoms with van der Waals surface area (Å²) in [6.07, 6.45) is 9.22. The summed E-state index contributed by atoms with van der Waals surface area (Å²) in [7, 11) is 0. The van der Waals surface area contributed by atoms with Crippen molar-refractivity contribution in [3.05, 3.63) is 0 Å². The summed E-state index contributed by atoms with van der Waals surface area (Å²) >= 11 is 0. The standard InChI is InChI=1S/C14H22N2O2/c17-12-9-16(11-7-4-8-11)14(18)13(15-12)10-5-2-1-3-6-10/h10-11,13H,1-9H2,(H,15,17). The van der Waals surface area contributed by atoms with Crippen molar-refractivity contribution in [2.24, 2.45) is 5.92 Å². The van der Waals surface area contributed by atoms with Crippen LogP contribution in [-0.2, 0) is 9.59 Å². The summed E-state index contributed by atoms with van der Waals surface area (Å²) in [5.41, 5.74) is 0. The van der Waals surface area contributed by atoms with Crippen LogP contribution in [0.4, 0.5) is 0 Å². The van der Waals surface area contributed by atoms with E-state index < -0.39 is 0 Å². The van der Waals surface area contributed by atoms with Gasteiger partial charge in [-0.1, -0.05) is 19.3 Å². The second-order valence-corrected chi connectivity index (χ2v) is 5.99. The molecule has 4 heteroatoms. The number of nitrogens with zero attached hydrogens (tertiary/aromatic N) is 1. The van der Waals surface area contributed by atoms with E-state index in [1.54, 1.807) is 0 Å². The van der Waals surface area contributed by atoms with Crippen molar-refractivity contribution in [3.8, 4) is 0 Å². The number of amides is 2. The SMILES string of the molecule is O=C1CN(C2CCC2)C(=O)C(C2CCCCC2)N1. The van der Waals surface area contributed by atoms with E-state index in [0.29, 0.717) is 12.0 Å². The summed E-state index contributed by atoms with van der Waals surface area (Å²) in [6, 6.07) is 0.113. The third-order valence-electron chi connectivity index (χ3n) is 4.82. The summed E-state index contributed by atoms with van der Waals surface area (Å²) < 4.78 is 0. The number of hydrogen-bond acceptors (Lipinski definition) is 2. The number of hydrogen-bond donors (Lipinski definition) is 1. The Labute approximate surface area is 108 Å². The maximum atomic E-state index is 12.5. The molecule has 1 aliphatic heterocycles. The van der Waals surface area contributed by atoms with Crippen molar-refractivity contribution in [2.75, 3.05) is 6.54 Å². The molecule has 3 aliphatic rings. The molecule has 1 saturated heterocycles. The zero-order valence-electron chi connectivity index (χ0n) is 10.9. The van der Waals surface area contributed by atoms with Crippen molar-refractivity contribution in [1.29, 1.82) is 0 Å². The van der Waals surface area contributed by atoms with Crippen LogP contribution in [0.1, 0.15) is 51.4 Å². The van der Waals surface area contributed by atoms with Gasteiger partial charge < -0.3 is 10.2 Å². The van der Waals surface area contributed by atoms with E-state index in [0.717, 1.165) is 25.7 Å². The van der Waals surface area contributed by atoms with E-state index in [-0.39, 0.29) is 24.4 Å². The largest absolute Gasteiger partial charge is 0.342 e. The van der Waals surface area contributed by atoms with Gasteiger partial charge in [0.2, 0.25) is 11.8 Å². The molecule has 1 unspecified atom stereocenters. The second kappa shape index (κ2) is 4.90. The van der Waals surface area contributed by atoms with Crippen LogP contribution in [0.3, 0.4) is 0 Å². The van der Waals surface area contributed by atoms with Gasteiger partial charge in [0.05, 0.1) is 6.54 Å². The molecule has 0 aromatic carbocycles. The maximum Gasteiger partial charge on any atom is 0.246 e. The zero-order valence-corrected chi connectivity index (χ0v) is 10.9. The maximum absolute atomic E-state index is 12.5. The molecule has 0 spiro atoms. The van der Waals surface area contributed by atoms with Crippen LogP contribution in [0.15, 0.2) is 0 Å². The predicted molar refractivity (Wildman–Crippen MR) is 67.9 cm³/mol. The van der Waals surface area contributed by atoms with Crippen molar-refractivity contribution in [1.82, 2.24) is 10.2 Å². The molecule has 18 heavy (non-hydrogen) atoms. The Balaban J connectivity index is 1.71. The molecule has 3 rings (SSSR count). The first kappa shape index (κ1) is 12.0. The Kier molecular flexibility index (Phi) is 3.27. The van der Waals surface area contributed by atoms with Crippen LogP contribution in [0.2, 0.25) is 0 Å². The van der Waals surface area contributed by atoms with Gasteiger partial charge in [-0.15, -0.1) is 0 Å². The summed E-state index contributed by atoms with van der Waals surface area (Å²) in [4.78, 5) is 26.2. The summed E-state index contributed by atoms with van der Waals surface area (Å²) in [5, 5.41) is 2.94. The lowest BCUT2D eigenvalue weighted by Gasteiger charge is -2.44. The van der Waals surface area contributed by atoms with E-state index in [4.69, 9.17) is 0 Å². The lowest BCUT2D eigenvalue weighted by Crippen LogP contribution is -2.63. The topological polar surface area (TPSA) is 49.4 Å². The molecule has 1 atom stereocenters. The van der Waals surface area contributed by atoms with Crippen LogP contribution >= 0.6 is 0 Å². The number of rotatable bonds is 2. The van der Waals surface area contributed by atoms with Gasteiger partial charge in [0, 0.05) is 6.04 Å². The van der Waals surface area contributed by atoms with Crippen molar-refractivity contribution in [3.63, 3.8) is 0 Å². The molecule has 4 nitrogen and oxygen atoms in total. The van der Waals surface area contributed by atoms with Gasteiger partial charge in [-0.05, 0) is 38.0 Å². The highest BCUT2D eigenvalue weighted by atomic mass is 16.2. The highest BCUT2D eigenvalue weighted by molar-refractivity contribution is 5.95. The smallest absolute Gasteiger partial charge is 0.246 e. The van der Waals surface area contributed by atoms with Gasteiger partial charge in [-0.3, -0.25) is 9.59 Å². The Morgan fingerprint density at radius 3 is 2.28 bits per heavy atom. The fourth-order valence-corrected chi connectivity index (χ4v) is 3.49. The third kappa shape index (κ3) is 2.13. The third-order valence-corrected chi connectivity index (χ3v) is 4.82. The van der Waals surface area contributed by atoms with E-state index in [9.17, 15) is 9.59 Å². The lowest BCUT2D eigenvalue weighted by atomic mass is 9.81. The molecule has 0 bridgehead atoms. The van der Waals surface area contributed by atoms with Gasteiger partial charge in [-0.25, -0.2) is 0 Å². The first-order chi connectivity index (χ1) is 8.75. The Hall–Kier alpha value is -1.06. The molecule has 3 fully saturated rings. The fourth-order valence-electron chi connectivity index (χ4n) is 3.49. The van der Waals surface area contributed by atoms with Crippen LogP contribution < -0.4 is 5.32 Å². The average Bonchev–Trinajstić information content (AvgIpc) is 2.32. The summed E-state index contributed by atoms with van der Waals surface area (Å²) in [5.74, 6) is 0.598. The van der Waals surface area contributed by atoms with E-state index in [1.807, 2.05) is 4.90 Å². The molecule has 2 amide bonds. The monoisotopic (exact) mass is 250 g/mol. The van der Waals surface area contributed by atoms with Gasteiger partial charge in [0.1, 0.15) is 6.04 Å². The minimum Gasteiger partial charge on any atom is -0.342 e. The molecular formula is C14H22N2O2. The Bertz CT molecular complexity index is 346. The molecule has 0 aromatic rings. The van der Waals surface area contributed by atoms with Crippen LogP contribution in [0.5, 0.6) is 0 Å². The lowest BCUT2D eigenvalue weighted by molar-refractivity contribution is -0.150. The van der Waals surface area contributed by atoms with Gasteiger partial charge in [-0.2, -0.15) is 0 Å². The number of carbonyl (C=O) groups is 2. The molecule has 100 valence electrons. The molecule has 0 radical (unpaired) electrons. The molecular weight excluding hydrogens is 228 g/mol. The molecule has 1 heterocycles. The van der Waals surface area contributed by atoms with Gasteiger partial charge in [0.25, 0.3) is 0 Å².